The summed E-state index contributed by atoms with van der Waals surface area (Å²) in [4.78, 5) is 6.73. The van der Waals surface area contributed by atoms with E-state index in [0.29, 0.717) is 5.92 Å². The van der Waals surface area contributed by atoms with Gasteiger partial charge in [-0.25, -0.2) is 4.98 Å². The fourth-order valence-electron chi connectivity index (χ4n) is 2.57. The molecule has 2 rings (SSSR count). The molecule has 1 fully saturated rings. The van der Waals surface area contributed by atoms with Crippen LogP contribution in [-0.2, 0) is 6.54 Å². The van der Waals surface area contributed by atoms with Crippen molar-refractivity contribution in [3.63, 3.8) is 0 Å². The number of hydrogen-bond acceptors (Lipinski definition) is 4. The smallest absolute Gasteiger partial charge is 0.133 e. The second-order valence-corrected chi connectivity index (χ2v) is 4.73. The van der Waals surface area contributed by atoms with E-state index in [1.54, 1.807) is 0 Å². The average molecular weight is 235 g/mol. The highest BCUT2D eigenvalue weighted by atomic mass is 16.3. The predicted octanol–water partition coefficient (Wildman–Crippen LogP) is 1.01. The fraction of sp³-hybridized carbons (Fsp3) is 0.615. The Morgan fingerprint density at radius 2 is 2.41 bits per heavy atom. The number of nitrogens with zero attached hydrogens (tertiary/aromatic N) is 2. The monoisotopic (exact) mass is 235 g/mol. The third-order valence-corrected chi connectivity index (χ3v) is 3.58. The van der Waals surface area contributed by atoms with Crippen LogP contribution in [0.4, 0.5) is 5.82 Å². The first-order valence-corrected chi connectivity index (χ1v) is 6.24. The van der Waals surface area contributed by atoms with E-state index in [1.165, 1.54) is 5.56 Å². The molecule has 1 aliphatic heterocycles. The van der Waals surface area contributed by atoms with Crippen molar-refractivity contribution >= 4 is 5.82 Å². The van der Waals surface area contributed by atoms with E-state index in [0.717, 1.165) is 25.3 Å². The summed E-state index contributed by atoms with van der Waals surface area (Å²) in [5.74, 6) is 1.55. The van der Waals surface area contributed by atoms with Crippen LogP contribution < -0.4 is 10.2 Å². The quantitative estimate of drug-likeness (QED) is 0.817. The number of pyridine rings is 1. The van der Waals surface area contributed by atoms with E-state index in [2.05, 4.69) is 28.2 Å². The summed E-state index contributed by atoms with van der Waals surface area (Å²) >= 11 is 0. The van der Waals surface area contributed by atoms with Gasteiger partial charge in [0.2, 0.25) is 0 Å². The van der Waals surface area contributed by atoms with E-state index < -0.39 is 0 Å². The van der Waals surface area contributed by atoms with Crippen molar-refractivity contribution in [3.05, 3.63) is 23.9 Å². The van der Waals surface area contributed by atoms with Gasteiger partial charge in [0.1, 0.15) is 5.82 Å². The second-order valence-electron chi connectivity index (χ2n) is 4.73. The van der Waals surface area contributed by atoms with Crippen molar-refractivity contribution in [3.8, 4) is 0 Å². The molecule has 2 heterocycles. The molecule has 4 nitrogen and oxygen atoms in total. The van der Waals surface area contributed by atoms with Crippen LogP contribution in [0.2, 0.25) is 0 Å². The number of anilines is 1. The molecule has 0 aromatic carbocycles. The number of aromatic nitrogens is 1. The molecule has 2 N–H and O–H groups in total. The first-order chi connectivity index (χ1) is 8.27. The molecule has 1 aliphatic rings. The van der Waals surface area contributed by atoms with E-state index in [1.807, 2.05) is 19.3 Å². The summed E-state index contributed by atoms with van der Waals surface area (Å²) < 4.78 is 0. The van der Waals surface area contributed by atoms with Gasteiger partial charge in [-0.2, -0.15) is 0 Å². The van der Waals surface area contributed by atoms with Gasteiger partial charge in [-0.3, -0.25) is 0 Å². The lowest BCUT2D eigenvalue weighted by molar-refractivity contribution is 0.244. The third kappa shape index (κ3) is 2.42. The van der Waals surface area contributed by atoms with E-state index in [9.17, 15) is 5.11 Å². The minimum Gasteiger partial charge on any atom is -0.394 e. The Labute approximate surface area is 103 Å². The average Bonchev–Trinajstić information content (AvgIpc) is 2.71. The molecule has 0 spiro atoms. The minimum absolute atomic E-state index is 0.205. The van der Waals surface area contributed by atoms with Gasteiger partial charge in [0.15, 0.2) is 0 Å². The number of hydrogen-bond donors (Lipinski definition) is 2. The Morgan fingerprint density at radius 3 is 3.12 bits per heavy atom. The SMILES string of the molecule is CNCc1cccnc1N1CCC(C)C1CO. The van der Waals surface area contributed by atoms with Gasteiger partial charge in [-0.15, -0.1) is 0 Å². The molecule has 17 heavy (non-hydrogen) atoms. The highest BCUT2D eigenvalue weighted by molar-refractivity contribution is 5.49. The normalized spacial score (nSPS) is 24.3. The molecule has 0 radical (unpaired) electrons. The molecular formula is C13H21N3O. The molecule has 0 amide bonds. The van der Waals surface area contributed by atoms with Crippen LogP contribution in [0.3, 0.4) is 0 Å². The maximum absolute atomic E-state index is 9.50. The van der Waals surface area contributed by atoms with Gasteiger partial charge in [0.25, 0.3) is 0 Å². The van der Waals surface area contributed by atoms with Gasteiger partial charge < -0.3 is 15.3 Å². The van der Waals surface area contributed by atoms with Crippen molar-refractivity contribution in [2.24, 2.45) is 5.92 Å². The van der Waals surface area contributed by atoms with E-state index in [4.69, 9.17) is 0 Å². The first kappa shape index (κ1) is 12.3. The van der Waals surface area contributed by atoms with Crippen molar-refractivity contribution in [1.29, 1.82) is 0 Å². The molecule has 0 saturated carbocycles. The van der Waals surface area contributed by atoms with Crippen molar-refractivity contribution in [1.82, 2.24) is 10.3 Å². The van der Waals surface area contributed by atoms with Gasteiger partial charge in [0, 0.05) is 24.8 Å². The van der Waals surface area contributed by atoms with Gasteiger partial charge in [-0.1, -0.05) is 13.0 Å². The Bertz CT molecular complexity index is 369. The van der Waals surface area contributed by atoms with Gasteiger partial charge in [0.05, 0.1) is 12.6 Å². The Balaban J connectivity index is 2.27. The molecule has 0 aliphatic carbocycles. The van der Waals surface area contributed by atoms with Crippen LogP contribution in [0, 0.1) is 5.92 Å². The number of aliphatic hydroxyl groups is 1. The highest BCUT2D eigenvalue weighted by Gasteiger charge is 2.32. The summed E-state index contributed by atoms with van der Waals surface area (Å²) in [6, 6.07) is 4.26. The zero-order valence-electron chi connectivity index (χ0n) is 10.6. The van der Waals surface area contributed by atoms with Crippen LogP contribution >= 0.6 is 0 Å². The largest absolute Gasteiger partial charge is 0.394 e. The van der Waals surface area contributed by atoms with Gasteiger partial charge in [-0.05, 0) is 25.5 Å². The maximum atomic E-state index is 9.50. The van der Waals surface area contributed by atoms with Crippen LogP contribution in [-0.4, -0.2) is 36.3 Å². The molecule has 4 heteroatoms. The lowest BCUT2D eigenvalue weighted by Crippen LogP contribution is -2.36. The number of rotatable bonds is 4. The molecular weight excluding hydrogens is 214 g/mol. The Morgan fingerprint density at radius 1 is 1.59 bits per heavy atom. The Kier molecular flexibility index (Phi) is 3.97. The highest BCUT2D eigenvalue weighted by Crippen LogP contribution is 2.30. The van der Waals surface area contributed by atoms with Crippen molar-refractivity contribution in [2.45, 2.75) is 25.9 Å². The number of nitrogens with one attached hydrogen (secondary N) is 1. The zero-order valence-corrected chi connectivity index (χ0v) is 10.6. The van der Waals surface area contributed by atoms with E-state index in [-0.39, 0.29) is 12.6 Å². The lowest BCUT2D eigenvalue weighted by Gasteiger charge is -2.28. The number of aliphatic hydroxyl groups excluding tert-OH is 1. The summed E-state index contributed by atoms with van der Waals surface area (Å²) in [5.41, 5.74) is 1.20. The third-order valence-electron chi connectivity index (χ3n) is 3.58. The minimum atomic E-state index is 0.205. The molecule has 1 aromatic heterocycles. The first-order valence-electron chi connectivity index (χ1n) is 6.24. The van der Waals surface area contributed by atoms with Crippen LogP contribution in [0.25, 0.3) is 0 Å². The van der Waals surface area contributed by atoms with Crippen LogP contribution in [0.1, 0.15) is 18.9 Å². The molecule has 1 saturated heterocycles. The summed E-state index contributed by atoms with van der Waals surface area (Å²) in [7, 11) is 1.94. The van der Waals surface area contributed by atoms with Crippen LogP contribution in [0.5, 0.6) is 0 Å². The predicted molar refractivity (Wildman–Crippen MR) is 69.0 cm³/mol. The van der Waals surface area contributed by atoms with E-state index >= 15 is 0 Å². The Hall–Kier alpha value is -1.13. The standard InChI is InChI=1S/C13H21N3O/c1-10-5-7-16(12(10)9-17)13-11(8-14-2)4-3-6-15-13/h3-4,6,10,12,14,17H,5,7-9H2,1-2H3. The van der Waals surface area contributed by atoms with Crippen LogP contribution in [0.15, 0.2) is 18.3 Å². The summed E-state index contributed by atoms with van der Waals surface area (Å²) in [6.45, 7) is 4.20. The summed E-state index contributed by atoms with van der Waals surface area (Å²) in [6.07, 6.45) is 2.95. The maximum Gasteiger partial charge on any atom is 0.133 e. The summed E-state index contributed by atoms with van der Waals surface area (Å²) in [5, 5.41) is 12.7. The second kappa shape index (κ2) is 5.47. The van der Waals surface area contributed by atoms with Crippen molar-refractivity contribution < 1.29 is 5.11 Å². The van der Waals surface area contributed by atoms with Crippen molar-refractivity contribution in [2.75, 3.05) is 25.1 Å². The zero-order chi connectivity index (χ0) is 12.3. The molecule has 2 unspecified atom stereocenters. The fourth-order valence-corrected chi connectivity index (χ4v) is 2.57. The molecule has 1 aromatic rings. The topological polar surface area (TPSA) is 48.4 Å². The lowest BCUT2D eigenvalue weighted by atomic mass is 10.0. The molecule has 2 atom stereocenters. The van der Waals surface area contributed by atoms with Gasteiger partial charge >= 0.3 is 0 Å². The molecule has 0 bridgehead atoms. The molecule has 94 valence electrons.